The summed E-state index contributed by atoms with van der Waals surface area (Å²) in [6.07, 6.45) is 6.15. The maximum atomic E-state index is 11.4. The minimum absolute atomic E-state index is 0.0736. The van der Waals surface area contributed by atoms with Crippen LogP contribution in [0.1, 0.15) is 50.4 Å². The molecule has 1 aromatic heterocycles. The molecule has 3 heterocycles. The summed E-state index contributed by atoms with van der Waals surface area (Å²) in [6, 6.07) is 3.87. The lowest BCUT2D eigenvalue weighted by Gasteiger charge is -2.37. The largest absolute Gasteiger partial charge is 0.373 e. The van der Waals surface area contributed by atoms with Gasteiger partial charge in [0.2, 0.25) is 0 Å². The van der Waals surface area contributed by atoms with Gasteiger partial charge in [0.25, 0.3) is 0 Å². The van der Waals surface area contributed by atoms with Crippen molar-refractivity contribution in [3.05, 3.63) is 23.9 Å². The predicted molar refractivity (Wildman–Crippen MR) is 100 cm³/mol. The third-order valence-electron chi connectivity index (χ3n) is 5.44. The van der Waals surface area contributed by atoms with Crippen LogP contribution in [0.4, 0.5) is 5.82 Å². The van der Waals surface area contributed by atoms with E-state index in [9.17, 15) is 4.79 Å². The van der Waals surface area contributed by atoms with E-state index >= 15 is 0 Å². The van der Waals surface area contributed by atoms with Gasteiger partial charge in [0.15, 0.2) is 5.78 Å². The highest BCUT2D eigenvalue weighted by molar-refractivity contribution is 5.93. The third kappa shape index (κ3) is 5.02. The molecule has 138 valence electrons. The first-order valence-corrected chi connectivity index (χ1v) is 9.61. The zero-order valence-electron chi connectivity index (χ0n) is 15.8. The van der Waals surface area contributed by atoms with Gasteiger partial charge in [-0.05, 0) is 64.6 Å². The van der Waals surface area contributed by atoms with Crippen LogP contribution >= 0.6 is 0 Å². The van der Waals surface area contributed by atoms with Gasteiger partial charge in [-0.3, -0.25) is 9.69 Å². The Labute approximate surface area is 151 Å². The molecular formula is C20H31N3O2. The normalized spacial score (nSPS) is 26.0. The van der Waals surface area contributed by atoms with Crippen molar-refractivity contribution in [2.24, 2.45) is 5.92 Å². The Balaban J connectivity index is 1.43. The third-order valence-corrected chi connectivity index (χ3v) is 5.44. The van der Waals surface area contributed by atoms with Crippen LogP contribution in [0.3, 0.4) is 0 Å². The average Bonchev–Trinajstić information content (AvgIpc) is 2.60. The van der Waals surface area contributed by atoms with Crippen molar-refractivity contribution in [1.29, 1.82) is 0 Å². The van der Waals surface area contributed by atoms with E-state index in [2.05, 4.69) is 28.6 Å². The molecule has 5 heteroatoms. The number of anilines is 1. The summed E-state index contributed by atoms with van der Waals surface area (Å²) in [5.41, 5.74) is 0.688. The number of morpholine rings is 1. The summed E-state index contributed by atoms with van der Waals surface area (Å²) in [6.45, 7) is 11.4. The molecule has 25 heavy (non-hydrogen) atoms. The minimum Gasteiger partial charge on any atom is -0.373 e. The molecule has 0 aliphatic carbocycles. The Kier molecular flexibility index (Phi) is 6.07. The SMILES string of the molecule is CC(=O)c1ccc(N2CCC(CCN3C[C@H](C)O[C@@H](C)C3)CC2)nc1. The number of pyridine rings is 1. The molecule has 0 radical (unpaired) electrons. The van der Waals surface area contributed by atoms with E-state index in [0.717, 1.165) is 37.9 Å². The van der Waals surface area contributed by atoms with Crippen LogP contribution in [0.25, 0.3) is 0 Å². The van der Waals surface area contributed by atoms with E-state index in [-0.39, 0.29) is 5.78 Å². The first-order valence-electron chi connectivity index (χ1n) is 9.61. The fourth-order valence-corrected chi connectivity index (χ4v) is 4.06. The van der Waals surface area contributed by atoms with Crippen LogP contribution in [0.5, 0.6) is 0 Å². The van der Waals surface area contributed by atoms with Gasteiger partial charge >= 0.3 is 0 Å². The van der Waals surface area contributed by atoms with Crippen molar-refractivity contribution < 1.29 is 9.53 Å². The van der Waals surface area contributed by atoms with Crippen molar-refractivity contribution in [2.75, 3.05) is 37.6 Å². The summed E-state index contributed by atoms with van der Waals surface area (Å²) in [4.78, 5) is 20.7. The molecule has 2 aliphatic heterocycles. The highest BCUT2D eigenvalue weighted by Gasteiger charge is 2.24. The standard InChI is InChI=1S/C20H31N3O2/c1-15-13-22(14-16(2)25-15)9-6-18-7-10-23(11-8-18)20-5-4-19(12-21-20)17(3)24/h4-5,12,15-16,18H,6-11,13-14H2,1-3H3/t15-,16-/m0/s1. The number of aromatic nitrogens is 1. The molecule has 0 amide bonds. The average molecular weight is 345 g/mol. The highest BCUT2D eigenvalue weighted by atomic mass is 16.5. The van der Waals surface area contributed by atoms with Crippen molar-refractivity contribution in [2.45, 2.75) is 52.2 Å². The van der Waals surface area contributed by atoms with Crippen molar-refractivity contribution in [3.63, 3.8) is 0 Å². The van der Waals surface area contributed by atoms with Gasteiger partial charge in [-0.1, -0.05) is 0 Å². The monoisotopic (exact) mass is 345 g/mol. The summed E-state index contributed by atoms with van der Waals surface area (Å²) in [5.74, 6) is 1.88. The van der Waals surface area contributed by atoms with E-state index in [0.29, 0.717) is 17.8 Å². The van der Waals surface area contributed by atoms with Gasteiger partial charge in [0, 0.05) is 37.9 Å². The van der Waals surface area contributed by atoms with Crippen molar-refractivity contribution in [1.82, 2.24) is 9.88 Å². The van der Waals surface area contributed by atoms with Gasteiger partial charge in [0.1, 0.15) is 5.82 Å². The van der Waals surface area contributed by atoms with Gasteiger partial charge in [-0.15, -0.1) is 0 Å². The second-order valence-electron chi connectivity index (χ2n) is 7.70. The first kappa shape index (κ1) is 18.3. The first-order chi connectivity index (χ1) is 12.0. The molecule has 0 unspecified atom stereocenters. The number of ketones is 1. The summed E-state index contributed by atoms with van der Waals surface area (Å²) in [5, 5.41) is 0. The molecule has 1 aromatic rings. The lowest BCUT2D eigenvalue weighted by Crippen LogP contribution is -2.46. The predicted octanol–water partition coefficient (Wildman–Crippen LogP) is 3.00. The number of carbonyl (C=O) groups is 1. The topological polar surface area (TPSA) is 45.7 Å². The summed E-state index contributed by atoms with van der Waals surface area (Å²) in [7, 11) is 0. The quantitative estimate of drug-likeness (QED) is 0.768. The Bertz CT molecular complexity index is 557. The van der Waals surface area contributed by atoms with Gasteiger partial charge in [-0.25, -0.2) is 4.98 Å². The molecule has 0 aromatic carbocycles. The minimum atomic E-state index is 0.0736. The Morgan fingerprint density at radius 3 is 2.44 bits per heavy atom. The molecule has 0 spiro atoms. The van der Waals surface area contributed by atoms with Gasteiger partial charge in [-0.2, -0.15) is 0 Å². The molecular weight excluding hydrogens is 314 g/mol. The number of piperidine rings is 1. The molecule has 5 nitrogen and oxygen atoms in total. The van der Waals surface area contributed by atoms with E-state index < -0.39 is 0 Å². The smallest absolute Gasteiger partial charge is 0.161 e. The maximum Gasteiger partial charge on any atom is 0.161 e. The number of Topliss-reactive ketones (excluding diaryl/α,β-unsaturated/α-hetero) is 1. The number of nitrogens with zero attached hydrogens (tertiary/aromatic N) is 3. The second-order valence-corrected chi connectivity index (χ2v) is 7.70. The zero-order chi connectivity index (χ0) is 17.8. The van der Waals surface area contributed by atoms with E-state index in [4.69, 9.17) is 4.74 Å². The van der Waals surface area contributed by atoms with E-state index in [1.807, 2.05) is 12.1 Å². The number of ether oxygens (including phenoxy) is 1. The number of hydrogen-bond donors (Lipinski definition) is 0. The zero-order valence-corrected chi connectivity index (χ0v) is 15.8. The van der Waals surface area contributed by atoms with Gasteiger partial charge in [0.05, 0.1) is 12.2 Å². The van der Waals surface area contributed by atoms with Crippen LogP contribution in [0, 0.1) is 5.92 Å². The van der Waals surface area contributed by atoms with Crippen molar-refractivity contribution in [3.8, 4) is 0 Å². The number of carbonyl (C=O) groups excluding carboxylic acids is 1. The van der Waals surface area contributed by atoms with Gasteiger partial charge < -0.3 is 9.64 Å². The highest BCUT2D eigenvalue weighted by Crippen LogP contribution is 2.25. The molecule has 2 fully saturated rings. The van der Waals surface area contributed by atoms with E-state index in [1.165, 1.54) is 25.8 Å². The Hall–Kier alpha value is -1.46. The fourth-order valence-electron chi connectivity index (χ4n) is 4.06. The molecule has 2 aliphatic rings. The maximum absolute atomic E-state index is 11.4. The molecule has 3 rings (SSSR count). The van der Waals surface area contributed by atoms with Crippen LogP contribution in [0.2, 0.25) is 0 Å². The van der Waals surface area contributed by atoms with Crippen LogP contribution in [-0.4, -0.2) is 60.6 Å². The van der Waals surface area contributed by atoms with Crippen LogP contribution in [0.15, 0.2) is 18.3 Å². The van der Waals surface area contributed by atoms with E-state index in [1.54, 1.807) is 13.1 Å². The summed E-state index contributed by atoms with van der Waals surface area (Å²) < 4.78 is 5.82. The number of rotatable bonds is 5. The molecule has 2 atom stereocenters. The molecule has 2 saturated heterocycles. The lowest BCUT2D eigenvalue weighted by atomic mass is 9.93. The molecule has 0 N–H and O–H groups in total. The Morgan fingerprint density at radius 1 is 1.20 bits per heavy atom. The number of hydrogen-bond acceptors (Lipinski definition) is 5. The van der Waals surface area contributed by atoms with Crippen LogP contribution in [-0.2, 0) is 4.74 Å². The fraction of sp³-hybridized carbons (Fsp3) is 0.700. The Morgan fingerprint density at radius 2 is 1.88 bits per heavy atom. The van der Waals surface area contributed by atoms with Crippen molar-refractivity contribution >= 4 is 11.6 Å². The second kappa shape index (κ2) is 8.28. The molecule has 0 saturated carbocycles. The van der Waals surface area contributed by atoms with Crippen LogP contribution < -0.4 is 4.90 Å². The lowest BCUT2D eigenvalue weighted by molar-refractivity contribution is -0.0690. The summed E-state index contributed by atoms with van der Waals surface area (Å²) >= 11 is 0. The molecule has 0 bridgehead atoms.